The molecular weight excluding hydrogens is 258 g/mol. The summed E-state index contributed by atoms with van der Waals surface area (Å²) in [6.07, 6.45) is 0.413. The highest BCUT2D eigenvalue weighted by Crippen LogP contribution is 2.30. The molecule has 0 aromatic heterocycles. The molecule has 0 radical (unpaired) electrons. The number of carbonyl (C=O) groups excluding carboxylic acids is 2. The Hall–Kier alpha value is -1.98. The predicted octanol–water partition coefficient (Wildman–Crippen LogP) is 0.883. The van der Waals surface area contributed by atoms with Crippen LogP contribution in [0.25, 0.3) is 6.08 Å². The lowest BCUT2D eigenvalue weighted by molar-refractivity contribution is -0.160. The molecule has 1 heterocycles. The molecule has 0 bridgehead atoms. The van der Waals surface area contributed by atoms with E-state index in [0.29, 0.717) is 0 Å². The molecule has 1 aromatic carbocycles. The fraction of sp³-hybridized carbons (Fsp3) is 0.333. The molecule has 5 heteroatoms. The third-order valence-electron chi connectivity index (χ3n) is 3.45. The minimum Gasteiger partial charge on any atom is -0.383 e. The number of aliphatic hydroxyl groups excluding tert-OH is 1. The van der Waals surface area contributed by atoms with Crippen LogP contribution >= 0.6 is 0 Å². The molecule has 1 fully saturated rings. The Balaban J connectivity index is 2.40. The van der Waals surface area contributed by atoms with E-state index in [1.165, 1.54) is 7.11 Å². The highest BCUT2D eigenvalue weighted by molar-refractivity contribution is 6.13. The molecule has 106 valence electrons. The fourth-order valence-electron chi connectivity index (χ4n) is 2.34. The van der Waals surface area contributed by atoms with E-state index in [0.717, 1.165) is 5.56 Å². The molecule has 2 N–H and O–H groups in total. The largest absolute Gasteiger partial charge is 0.383 e. The molecule has 2 atom stereocenters. The number of nitrogens with one attached hydrogen (secondary N) is 1. The van der Waals surface area contributed by atoms with Crippen molar-refractivity contribution in [2.75, 3.05) is 7.11 Å². The van der Waals surface area contributed by atoms with Gasteiger partial charge in [0.1, 0.15) is 6.10 Å². The number of ketones is 1. The van der Waals surface area contributed by atoms with Crippen LogP contribution in [0.3, 0.4) is 0 Å². The first-order chi connectivity index (χ1) is 9.56. The summed E-state index contributed by atoms with van der Waals surface area (Å²) in [4.78, 5) is 24.1. The maximum Gasteiger partial charge on any atom is 0.267 e. The highest BCUT2D eigenvalue weighted by Gasteiger charge is 2.57. The Labute approximate surface area is 117 Å². The van der Waals surface area contributed by atoms with Crippen LogP contribution in [-0.4, -0.2) is 35.6 Å². The van der Waals surface area contributed by atoms with Crippen molar-refractivity contribution >= 4 is 17.8 Å². The number of carbonyl (C=O) groups is 2. The van der Waals surface area contributed by atoms with Gasteiger partial charge in [0.15, 0.2) is 5.78 Å². The van der Waals surface area contributed by atoms with Crippen LogP contribution in [0.15, 0.2) is 36.0 Å². The second-order valence-corrected chi connectivity index (χ2v) is 4.58. The van der Waals surface area contributed by atoms with E-state index in [4.69, 9.17) is 4.74 Å². The van der Waals surface area contributed by atoms with Crippen LogP contribution in [0.4, 0.5) is 0 Å². The summed E-state index contributed by atoms with van der Waals surface area (Å²) >= 11 is 0. The lowest BCUT2D eigenvalue weighted by Crippen LogP contribution is -2.53. The number of amides is 1. The molecule has 1 aliphatic heterocycles. The first kappa shape index (κ1) is 14.4. The lowest BCUT2D eigenvalue weighted by Gasteiger charge is -2.25. The molecule has 0 spiro atoms. The second-order valence-electron chi connectivity index (χ2n) is 4.58. The van der Waals surface area contributed by atoms with Crippen LogP contribution in [0.2, 0.25) is 0 Å². The van der Waals surface area contributed by atoms with Gasteiger partial charge in [-0.25, -0.2) is 0 Å². The Kier molecular flexibility index (Phi) is 4.01. The van der Waals surface area contributed by atoms with Crippen LogP contribution in [-0.2, 0) is 14.3 Å². The van der Waals surface area contributed by atoms with Crippen molar-refractivity contribution in [3.8, 4) is 0 Å². The smallest absolute Gasteiger partial charge is 0.267 e. The number of aliphatic hydroxyl groups is 1. The van der Waals surface area contributed by atoms with Crippen LogP contribution in [0.5, 0.6) is 0 Å². The first-order valence-electron chi connectivity index (χ1n) is 6.40. The summed E-state index contributed by atoms with van der Waals surface area (Å²) in [5, 5.41) is 12.9. The lowest BCUT2D eigenvalue weighted by atomic mass is 9.90. The monoisotopic (exact) mass is 275 g/mol. The van der Waals surface area contributed by atoms with Crippen LogP contribution < -0.4 is 5.32 Å². The molecule has 20 heavy (non-hydrogen) atoms. The van der Waals surface area contributed by atoms with E-state index >= 15 is 0 Å². The zero-order valence-corrected chi connectivity index (χ0v) is 11.4. The van der Waals surface area contributed by atoms with Crippen LogP contribution in [0.1, 0.15) is 18.9 Å². The van der Waals surface area contributed by atoms with Crippen molar-refractivity contribution < 1.29 is 19.4 Å². The minimum atomic E-state index is -1.84. The highest BCUT2D eigenvalue weighted by atomic mass is 16.5. The normalized spacial score (nSPS) is 27.6. The molecule has 1 saturated heterocycles. The third kappa shape index (κ3) is 2.15. The molecule has 1 aliphatic rings. The molecule has 2 rings (SSSR count). The molecule has 0 aliphatic carbocycles. The maximum atomic E-state index is 12.1. The third-order valence-corrected chi connectivity index (χ3v) is 3.45. The average molecular weight is 275 g/mol. The van der Waals surface area contributed by atoms with Crippen molar-refractivity contribution in [3.63, 3.8) is 0 Å². The van der Waals surface area contributed by atoms with E-state index in [1.807, 2.05) is 30.3 Å². The average Bonchev–Trinajstić information content (AvgIpc) is 2.71. The first-order valence-corrected chi connectivity index (χ1v) is 6.40. The van der Waals surface area contributed by atoms with Crippen molar-refractivity contribution in [1.29, 1.82) is 0 Å². The number of hydrogen-bond acceptors (Lipinski definition) is 4. The number of Topliss-reactive ketones (excluding diaryl/α,β-unsaturated/α-hetero) is 1. The second kappa shape index (κ2) is 5.56. The van der Waals surface area contributed by atoms with Gasteiger partial charge in [-0.05, 0) is 11.6 Å². The predicted molar refractivity (Wildman–Crippen MR) is 73.6 cm³/mol. The molecule has 1 aromatic rings. The Morgan fingerprint density at radius 2 is 2.10 bits per heavy atom. The van der Waals surface area contributed by atoms with Gasteiger partial charge in [0.05, 0.1) is 5.70 Å². The van der Waals surface area contributed by atoms with E-state index in [1.54, 1.807) is 13.0 Å². The topological polar surface area (TPSA) is 75.6 Å². The van der Waals surface area contributed by atoms with E-state index < -0.39 is 23.4 Å². The standard InChI is InChI=1S/C15H17NO4/c1-3-12(17)15(20-2)13(18)11(16-14(15)19)9-10-7-5-4-6-8-10/h4-9,13,18H,3H2,1-2H3,(H,16,19)/b11-9-/t13-,15+/m0/s1. The number of benzene rings is 1. The van der Waals surface area contributed by atoms with Gasteiger partial charge in [0.25, 0.3) is 5.91 Å². The molecular formula is C15H17NO4. The van der Waals surface area contributed by atoms with E-state index in [9.17, 15) is 14.7 Å². The van der Waals surface area contributed by atoms with Gasteiger partial charge in [0, 0.05) is 13.5 Å². The van der Waals surface area contributed by atoms with Gasteiger partial charge >= 0.3 is 0 Å². The Morgan fingerprint density at radius 1 is 1.45 bits per heavy atom. The number of ether oxygens (including phenoxy) is 1. The maximum absolute atomic E-state index is 12.1. The molecule has 1 amide bonds. The van der Waals surface area contributed by atoms with Gasteiger partial charge in [-0.2, -0.15) is 0 Å². The zero-order chi connectivity index (χ0) is 14.8. The Bertz CT molecular complexity index is 552. The summed E-state index contributed by atoms with van der Waals surface area (Å²) < 4.78 is 5.09. The molecule has 5 nitrogen and oxygen atoms in total. The van der Waals surface area contributed by atoms with Crippen molar-refractivity contribution in [3.05, 3.63) is 41.6 Å². The minimum absolute atomic E-state index is 0.108. The van der Waals surface area contributed by atoms with Gasteiger partial charge < -0.3 is 15.2 Å². The fourth-order valence-corrected chi connectivity index (χ4v) is 2.34. The van der Waals surface area contributed by atoms with Crippen molar-refractivity contribution in [2.24, 2.45) is 0 Å². The zero-order valence-electron chi connectivity index (χ0n) is 11.4. The quantitative estimate of drug-likeness (QED) is 0.800. The summed E-state index contributed by atoms with van der Waals surface area (Å²) in [6.45, 7) is 1.63. The van der Waals surface area contributed by atoms with Gasteiger partial charge in [-0.15, -0.1) is 0 Å². The summed E-state index contributed by atoms with van der Waals surface area (Å²) in [7, 11) is 1.25. The van der Waals surface area contributed by atoms with E-state index in [2.05, 4.69) is 5.32 Å². The number of rotatable bonds is 4. The van der Waals surface area contributed by atoms with Crippen LogP contribution in [0, 0.1) is 0 Å². The molecule has 0 saturated carbocycles. The summed E-state index contributed by atoms with van der Waals surface area (Å²) in [5.74, 6) is -1.07. The number of methoxy groups -OCH3 is 1. The van der Waals surface area contributed by atoms with Gasteiger partial charge in [0.2, 0.25) is 5.60 Å². The van der Waals surface area contributed by atoms with E-state index in [-0.39, 0.29) is 12.1 Å². The SMILES string of the molecule is CCC(=O)[C@]1(OC)C(=O)N/C(=C\c2ccccc2)[C@@H]1O. The van der Waals surface area contributed by atoms with Gasteiger partial charge in [-0.1, -0.05) is 37.3 Å². The Morgan fingerprint density at radius 3 is 2.65 bits per heavy atom. The van der Waals surface area contributed by atoms with Crippen molar-refractivity contribution in [2.45, 2.75) is 25.0 Å². The summed E-state index contributed by atoms with van der Waals surface area (Å²) in [6, 6.07) is 9.22. The summed E-state index contributed by atoms with van der Waals surface area (Å²) in [5.41, 5.74) is -0.752. The number of hydrogen-bond donors (Lipinski definition) is 2. The molecule has 0 unspecified atom stereocenters. The van der Waals surface area contributed by atoms with Crippen molar-refractivity contribution in [1.82, 2.24) is 5.32 Å². The van der Waals surface area contributed by atoms with Gasteiger partial charge in [-0.3, -0.25) is 9.59 Å².